The zero-order valence-electron chi connectivity index (χ0n) is 6.64. The molecule has 2 atom stereocenters. The maximum atomic E-state index is 10.4. The van der Waals surface area contributed by atoms with Gasteiger partial charge < -0.3 is 5.11 Å². The first-order valence-electron chi connectivity index (χ1n) is 3.84. The quantitative estimate of drug-likeness (QED) is 0.627. The van der Waals surface area contributed by atoms with Crippen LogP contribution in [-0.2, 0) is 14.5 Å². The van der Waals surface area contributed by atoms with Gasteiger partial charge in [0.05, 0.1) is 12.7 Å². The molecule has 1 fully saturated rings. The molecule has 0 aliphatic heterocycles. The Kier molecular flexibility index (Phi) is 3.05. The molecule has 1 aliphatic rings. The van der Waals surface area contributed by atoms with Crippen molar-refractivity contribution in [2.75, 3.05) is 6.61 Å². The molecule has 5 nitrogen and oxygen atoms in total. The number of hydrogen-bond donors (Lipinski definition) is 2. The summed E-state index contributed by atoms with van der Waals surface area (Å²) in [5.41, 5.74) is 0. The van der Waals surface area contributed by atoms with Gasteiger partial charge in [-0.1, -0.05) is 6.42 Å². The van der Waals surface area contributed by atoms with Crippen molar-refractivity contribution >= 4 is 10.3 Å². The van der Waals surface area contributed by atoms with Crippen LogP contribution in [0, 0.1) is 5.92 Å². The number of nitrogens with two attached hydrogens (primary N) is 1. The summed E-state index contributed by atoms with van der Waals surface area (Å²) in [4.78, 5) is 0. The second kappa shape index (κ2) is 3.69. The highest BCUT2D eigenvalue weighted by molar-refractivity contribution is 7.84. The van der Waals surface area contributed by atoms with Crippen molar-refractivity contribution in [1.82, 2.24) is 0 Å². The average Bonchev–Trinajstić information content (AvgIpc) is 2.29. The summed E-state index contributed by atoms with van der Waals surface area (Å²) in [6.45, 7) is 0.000000000000000222. The minimum absolute atomic E-state index is 0.000000000000000222. The molecule has 12 heavy (non-hydrogen) atoms. The van der Waals surface area contributed by atoms with Crippen LogP contribution in [0.2, 0.25) is 0 Å². The van der Waals surface area contributed by atoms with Crippen molar-refractivity contribution in [2.45, 2.75) is 25.4 Å². The SMILES string of the molecule is NS(=O)(=O)OCC1CCCC1O. The molecule has 3 N–H and O–H groups in total. The Morgan fingerprint density at radius 1 is 1.50 bits per heavy atom. The minimum atomic E-state index is -3.85. The molecule has 0 spiro atoms. The van der Waals surface area contributed by atoms with Crippen molar-refractivity contribution in [2.24, 2.45) is 11.1 Å². The van der Waals surface area contributed by atoms with E-state index in [0.29, 0.717) is 0 Å². The molecule has 1 saturated carbocycles. The van der Waals surface area contributed by atoms with Gasteiger partial charge in [0.2, 0.25) is 0 Å². The largest absolute Gasteiger partial charge is 0.393 e. The van der Waals surface area contributed by atoms with Crippen LogP contribution in [0.15, 0.2) is 0 Å². The highest BCUT2D eigenvalue weighted by Crippen LogP contribution is 2.25. The lowest BCUT2D eigenvalue weighted by atomic mass is 10.1. The molecule has 72 valence electrons. The predicted molar refractivity (Wildman–Crippen MR) is 42.4 cm³/mol. The summed E-state index contributed by atoms with van der Waals surface area (Å²) in [6, 6.07) is 0. The zero-order chi connectivity index (χ0) is 9.19. The maximum absolute atomic E-state index is 10.4. The lowest BCUT2D eigenvalue weighted by Crippen LogP contribution is -2.24. The second-order valence-corrected chi connectivity index (χ2v) is 4.26. The minimum Gasteiger partial charge on any atom is -0.393 e. The average molecular weight is 195 g/mol. The molecule has 0 amide bonds. The van der Waals surface area contributed by atoms with E-state index in [2.05, 4.69) is 9.32 Å². The lowest BCUT2D eigenvalue weighted by Gasteiger charge is -2.12. The first-order chi connectivity index (χ1) is 5.49. The Bertz CT molecular complexity index is 238. The van der Waals surface area contributed by atoms with Gasteiger partial charge in [0.1, 0.15) is 0 Å². The van der Waals surface area contributed by atoms with E-state index in [1.54, 1.807) is 0 Å². The lowest BCUT2D eigenvalue weighted by molar-refractivity contribution is 0.101. The van der Waals surface area contributed by atoms with Gasteiger partial charge in [0.15, 0.2) is 0 Å². The van der Waals surface area contributed by atoms with E-state index in [1.165, 1.54) is 0 Å². The molecular formula is C6H13NO4S. The van der Waals surface area contributed by atoms with Crippen molar-refractivity contribution in [3.8, 4) is 0 Å². The van der Waals surface area contributed by atoms with Crippen LogP contribution in [0.1, 0.15) is 19.3 Å². The van der Waals surface area contributed by atoms with Gasteiger partial charge >= 0.3 is 10.3 Å². The molecule has 2 unspecified atom stereocenters. The standard InChI is InChI=1S/C6H13NO4S/c7-12(9,10)11-4-5-2-1-3-6(5)8/h5-6,8H,1-4H2,(H2,7,9,10). The van der Waals surface area contributed by atoms with Crippen LogP contribution >= 0.6 is 0 Å². The van der Waals surface area contributed by atoms with Crippen LogP contribution < -0.4 is 5.14 Å². The third-order valence-electron chi connectivity index (χ3n) is 2.07. The van der Waals surface area contributed by atoms with Crippen LogP contribution in [0.5, 0.6) is 0 Å². The Hall–Kier alpha value is -0.170. The predicted octanol–water partition coefficient (Wildman–Crippen LogP) is -0.633. The number of aliphatic hydroxyl groups is 1. The molecule has 1 aliphatic carbocycles. The van der Waals surface area contributed by atoms with Gasteiger partial charge in [-0.2, -0.15) is 8.42 Å². The summed E-state index contributed by atoms with van der Waals surface area (Å²) in [5.74, 6) is -0.0803. The van der Waals surface area contributed by atoms with Crippen LogP contribution in [0.4, 0.5) is 0 Å². The Morgan fingerprint density at radius 2 is 2.17 bits per heavy atom. The topological polar surface area (TPSA) is 89.6 Å². The molecule has 0 aromatic carbocycles. The first kappa shape index (κ1) is 9.91. The zero-order valence-corrected chi connectivity index (χ0v) is 7.46. The van der Waals surface area contributed by atoms with E-state index in [4.69, 9.17) is 0 Å². The van der Waals surface area contributed by atoms with E-state index in [0.717, 1.165) is 19.3 Å². The number of hydrogen-bond acceptors (Lipinski definition) is 4. The van der Waals surface area contributed by atoms with Gasteiger partial charge in [0, 0.05) is 5.92 Å². The molecule has 6 heteroatoms. The fourth-order valence-electron chi connectivity index (χ4n) is 1.39. The monoisotopic (exact) mass is 195 g/mol. The van der Waals surface area contributed by atoms with Gasteiger partial charge in [-0.25, -0.2) is 5.14 Å². The van der Waals surface area contributed by atoms with Gasteiger partial charge in [-0.3, -0.25) is 4.18 Å². The van der Waals surface area contributed by atoms with E-state index in [9.17, 15) is 13.5 Å². The molecule has 0 bridgehead atoms. The molecule has 0 heterocycles. The fraction of sp³-hybridized carbons (Fsp3) is 1.00. The highest BCUT2D eigenvalue weighted by Gasteiger charge is 2.26. The summed E-state index contributed by atoms with van der Waals surface area (Å²) in [5, 5.41) is 13.9. The second-order valence-electron chi connectivity index (χ2n) is 3.04. The summed E-state index contributed by atoms with van der Waals surface area (Å²) < 4.78 is 25.1. The summed E-state index contributed by atoms with van der Waals surface area (Å²) in [7, 11) is -3.85. The Labute approximate surface area is 71.8 Å². The molecule has 0 radical (unpaired) electrons. The van der Waals surface area contributed by atoms with Crippen molar-refractivity contribution in [3.63, 3.8) is 0 Å². The van der Waals surface area contributed by atoms with Crippen LogP contribution in [0.25, 0.3) is 0 Å². The number of rotatable bonds is 3. The molecule has 0 aromatic heterocycles. The third-order valence-corrected chi connectivity index (χ3v) is 2.53. The van der Waals surface area contributed by atoms with E-state index < -0.39 is 16.4 Å². The fourth-order valence-corrected chi connectivity index (χ4v) is 1.76. The smallest absolute Gasteiger partial charge is 0.333 e. The van der Waals surface area contributed by atoms with Gasteiger partial charge in [0.25, 0.3) is 0 Å². The van der Waals surface area contributed by atoms with Gasteiger partial charge in [-0.15, -0.1) is 0 Å². The van der Waals surface area contributed by atoms with Crippen molar-refractivity contribution in [1.29, 1.82) is 0 Å². The highest BCUT2D eigenvalue weighted by atomic mass is 32.2. The van der Waals surface area contributed by atoms with Crippen LogP contribution in [-0.4, -0.2) is 26.2 Å². The molecule has 0 aromatic rings. The Balaban J connectivity index is 2.32. The van der Waals surface area contributed by atoms with Gasteiger partial charge in [-0.05, 0) is 12.8 Å². The van der Waals surface area contributed by atoms with E-state index in [-0.39, 0.29) is 12.5 Å². The van der Waals surface area contributed by atoms with E-state index in [1.807, 2.05) is 0 Å². The maximum Gasteiger partial charge on any atom is 0.333 e. The molecule has 1 rings (SSSR count). The van der Waals surface area contributed by atoms with E-state index >= 15 is 0 Å². The molecular weight excluding hydrogens is 182 g/mol. The first-order valence-corrected chi connectivity index (χ1v) is 5.31. The number of aliphatic hydroxyl groups excluding tert-OH is 1. The normalized spacial score (nSPS) is 30.8. The third kappa shape index (κ3) is 3.06. The van der Waals surface area contributed by atoms with Crippen LogP contribution in [0.3, 0.4) is 0 Å². The molecule has 0 saturated heterocycles. The Morgan fingerprint density at radius 3 is 2.58 bits per heavy atom. The van der Waals surface area contributed by atoms with Crippen molar-refractivity contribution in [3.05, 3.63) is 0 Å². The van der Waals surface area contributed by atoms with Crippen molar-refractivity contribution < 1.29 is 17.7 Å². The summed E-state index contributed by atoms with van der Waals surface area (Å²) >= 11 is 0. The summed E-state index contributed by atoms with van der Waals surface area (Å²) in [6.07, 6.45) is 2.00.